The summed E-state index contributed by atoms with van der Waals surface area (Å²) in [6, 6.07) is 39.3. The summed E-state index contributed by atoms with van der Waals surface area (Å²) >= 11 is 54.3. The zero-order valence-electron chi connectivity index (χ0n) is 51.9. The molecule has 12 N–H and O–H groups in total. The van der Waals surface area contributed by atoms with E-state index in [9.17, 15) is 28.8 Å². The molecule has 6 atom stereocenters. The first-order valence-corrected chi connectivity index (χ1v) is 34.2. The monoisotopic (exact) mass is 1480 g/mol. The Labute approximate surface area is 603 Å². The summed E-state index contributed by atoms with van der Waals surface area (Å²) in [5.74, 6) is -0.889. The van der Waals surface area contributed by atoms with Gasteiger partial charge in [0.1, 0.15) is 0 Å². The number of carbonyl (C=O) groups is 6. The smallest absolute Gasteiger partial charge is 0.251 e. The van der Waals surface area contributed by atoms with Crippen LogP contribution in [-0.4, -0.2) is 145 Å². The Morgan fingerprint density at radius 3 is 1.20 bits per heavy atom. The predicted molar refractivity (Wildman–Crippen MR) is 387 cm³/mol. The largest absolute Gasteiger partial charge is 0.351 e. The lowest BCUT2D eigenvalue weighted by atomic mass is 10.1. The zero-order chi connectivity index (χ0) is 69.0. The molecule has 3 aliphatic heterocycles. The fourth-order valence-electron chi connectivity index (χ4n) is 11.1. The Morgan fingerprint density at radius 2 is 0.802 bits per heavy atom. The number of carbonyl (C=O) groups excluding carboxylic acids is 6. The van der Waals surface area contributed by atoms with Gasteiger partial charge in [-0.25, -0.2) is 0 Å². The average Bonchev–Trinajstić information content (AvgIpc) is 1.37. The number of nitrogens with zero attached hydrogens (tertiary/aromatic N) is 3. The minimum Gasteiger partial charge on any atom is -0.351 e. The molecule has 0 aliphatic carbocycles. The van der Waals surface area contributed by atoms with Crippen molar-refractivity contribution < 1.29 is 28.8 Å². The average molecular weight is 1490 g/mol. The molecule has 7 aromatic carbocycles. The Morgan fingerprint density at radius 1 is 0.427 bits per heavy atom. The second-order valence-electron chi connectivity index (χ2n) is 23.2. The van der Waals surface area contributed by atoms with Crippen molar-refractivity contribution >= 4 is 157 Å². The second kappa shape index (κ2) is 37.1. The van der Waals surface area contributed by atoms with Crippen LogP contribution in [0.2, 0.25) is 45.2 Å². The minimum atomic E-state index is -0.552. The molecule has 0 unspecified atom stereocenters. The van der Waals surface area contributed by atoms with Gasteiger partial charge < -0.3 is 63.8 Å². The normalized spacial score (nSPS) is 19.1. The summed E-state index contributed by atoms with van der Waals surface area (Å²) in [5.41, 5.74) is 22.0. The van der Waals surface area contributed by atoms with Gasteiger partial charge in [0.2, 0.25) is 23.6 Å². The number of nitrogens with two attached hydrogens (primary N) is 3. The summed E-state index contributed by atoms with van der Waals surface area (Å²) < 4.78 is 0. The molecule has 0 saturated carbocycles. The molecule has 10 rings (SSSR count). The van der Waals surface area contributed by atoms with E-state index in [4.69, 9.17) is 122 Å². The van der Waals surface area contributed by atoms with E-state index in [1.807, 2.05) is 54.6 Å². The molecule has 18 nitrogen and oxygen atoms in total. The standard InChI is InChI=1S/C25H26Cl2N4O2.C23H25Cl3N4O2.C21H22Cl4N4O2/c26-20-9-16(10-21(27)12-20)15-31-8-7-22(30-23(13-28)25(31)33)14-29-24(32)19-6-5-17-3-1-2-4-18(17)11-19;24-17-4-1-15(2-5-17)3-6-22(31)28-13-20-7-8-30(23(32)21(12-27)29-20)14-16-9-18(25)11-19(26)10-16;22-14-5-12(6-15(23)8-14)11-29-4-3-16(28-19(9-26)21(29)31)10-27-20(30)13-1-2-17(24)18(25)7-13/h1-6,9-12,22-23,30H,7-8,13-15,28H2,(H,29,32);1-6,9-11,20-21,29H,7-8,12-14,27H2,(H,28,31);1-2,5-8,16,19,28H,3-4,9-11,26H2,(H,27,30)/b;6-3+;/t22-,23-;20-,21-;16-,19-/m000/s1. The van der Waals surface area contributed by atoms with E-state index in [2.05, 4.69) is 31.9 Å². The van der Waals surface area contributed by atoms with Crippen LogP contribution in [0.15, 0.2) is 146 Å². The van der Waals surface area contributed by atoms with Crippen molar-refractivity contribution in [3.05, 3.63) is 224 Å². The number of fused-ring (bicyclic) bond motifs is 1. The quantitative estimate of drug-likeness (QED) is 0.0343. The van der Waals surface area contributed by atoms with E-state index in [0.717, 1.165) is 33.0 Å². The molecule has 7 aromatic rings. The van der Waals surface area contributed by atoms with Crippen molar-refractivity contribution in [2.24, 2.45) is 17.2 Å². The van der Waals surface area contributed by atoms with Crippen molar-refractivity contribution in [1.29, 1.82) is 0 Å². The lowest BCUT2D eigenvalue weighted by Gasteiger charge is -2.24. The highest BCUT2D eigenvalue weighted by atomic mass is 35.5. The molecule has 3 heterocycles. The van der Waals surface area contributed by atoms with Crippen molar-refractivity contribution in [2.45, 2.75) is 75.1 Å². The summed E-state index contributed by atoms with van der Waals surface area (Å²) in [5, 5.41) is 25.2. The van der Waals surface area contributed by atoms with Crippen molar-refractivity contribution in [3.63, 3.8) is 0 Å². The van der Waals surface area contributed by atoms with E-state index in [1.54, 1.807) is 99.6 Å². The number of halogens is 9. The molecule has 3 fully saturated rings. The first-order valence-electron chi connectivity index (χ1n) is 30.8. The highest BCUT2D eigenvalue weighted by Crippen LogP contribution is 2.27. The van der Waals surface area contributed by atoms with Crippen LogP contribution in [0.5, 0.6) is 0 Å². The van der Waals surface area contributed by atoms with Crippen LogP contribution in [-0.2, 0) is 38.8 Å². The van der Waals surface area contributed by atoms with Crippen molar-refractivity contribution in [2.75, 3.05) is 58.9 Å². The van der Waals surface area contributed by atoms with Crippen LogP contribution in [0.4, 0.5) is 0 Å². The van der Waals surface area contributed by atoms with Gasteiger partial charge in [0.05, 0.1) is 28.2 Å². The summed E-state index contributed by atoms with van der Waals surface area (Å²) in [7, 11) is 0. The molecule has 27 heteroatoms. The predicted octanol–water partition coefficient (Wildman–Crippen LogP) is 10.8. The first-order chi connectivity index (χ1) is 46.0. The summed E-state index contributed by atoms with van der Waals surface area (Å²) in [6.07, 6.45) is 5.17. The fourth-order valence-corrected chi connectivity index (χ4v) is 13.2. The van der Waals surface area contributed by atoms with Gasteiger partial charge >= 0.3 is 0 Å². The van der Waals surface area contributed by atoms with Gasteiger partial charge in [0.15, 0.2) is 0 Å². The number of hydrogen-bond donors (Lipinski definition) is 9. The van der Waals surface area contributed by atoms with Gasteiger partial charge in [0, 0.05) is 149 Å². The topological polar surface area (TPSA) is 262 Å². The van der Waals surface area contributed by atoms with Crippen molar-refractivity contribution in [3.8, 4) is 0 Å². The third-order valence-electron chi connectivity index (χ3n) is 16.0. The van der Waals surface area contributed by atoms with Crippen LogP contribution in [0, 0.1) is 0 Å². The second-order valence-corrected chi connectivity index (χ2v) is 27.0. The molecular weight excluding hydrogens is 1410 g/mol. The van der Waals surface area contributed by atoms with E-state index in [1.165, 1.54) is 12.1 Å². The molecule has 508 valence electrons. The minimum absolute atomic E-state index is 0.0723. The van der Waals surface area contributed by atoms with Gasteiger partial charge in [-0.2, -0.15) is 0 Å². The maximum atomic E-state index is 13.0. The number of amides is 6. The Bertz CT molecular complexity index is 3850. The Balaban J connectivity index is 0.000000184. The Kier molecular flexibility index (Phi) is 29.2. The summed E-state index contributed by atoms with van der Waals surface area (Å²) in [6.45, 7) is 4.29. The number of rotatable bonds is 19. The molecular formula is C69H73Cl9N12O6. The SMILES string of the molecule is NC[C@@H]1N[C@H](CNC(=O)/C=C/c2ccc(Cl)cc2)CCN(Cc2cc(Cl)cc(Cl)c2)C1=O.NC[C@@H]1N[C@H](CNC(=O)c2ccc(Cl)c(Cl)c2)CCN(Cc2cc(Cl)cc(Cl)c2)C1=O.NC[C@@H]1N[C@H](CNC(=O)c2ccc3ccccc3c2)CCN(Cc2cc(Cl)cc(Cl)c2)C1=O. The highest BCUT2D eigenvalue weighted by Gasteiger charge is 2.33. The van der Waals surface area contributed by atoms with Gasteiger partial charge in [-0.3, -0.25) is 28.8 Å². The molecule has 0 aromatic heterocycles. The van der Waals surface area contributed by atoms with Gasteiger partial charge in [-0.15, -0.1) is 0 Å². The maximum absolute atomic E-state index is 13.0. The molecule has 3 aliphatic rings. The van der Waals surface area contributed by atoms with E-state index >= 15 is 0 Å². The third-order valence-corrected chi connectivity index (χ3v) is 18.3. The van der Waals surface area contributed by atoms with Gasteiger partial charge in [-0.05, 0) is 155 Å². The lowest BCUT2D eigenvalue weighted by Crippen LogP contribution is -2.52. The lowest BCUT2D eigenvalue weighted by molar-refractivity contribution is -0.133. The number of nitrogens with one attached hydrogen (secondary N) is 6. The van der Waals surface area contributed by atoms with Crippen LogP contribution in [0.1, 0.15) is 62.2 Å². The molecule has 0 bridgehead atoms. The third kappa shape index (κ3) is 22.9. The first kappa shape index (κ1) is 75.5. The molecule has 0 radical (unpaired) electrons. The maximum Gasteiger partial charge on any atom is 0.251 e. The van der Waals surface area contributed by atoms with Crippen LogP contribution in [0.3, 0.4) is 0 Å². The van der Waals surface area contributed by atoms with E-state index in [0.29, 0.717) is 134 Å². The number of benzene rings is 7. The molecule has 3 saturated heterocycles. The number of hydrogen-bond acceptors (Lipinski definition) is 12. The molecule has 0 spiro atoms. The van der Waals surface area contributed by atoms with Gasteiger partial charge in [-0.1, -0.05) is 147 Å². The molecule has 6 amide bonds. The van der Waals surface area contributed by atoms with E-state index < -0.39 is 18.1 Å². The fraction of sp³-hybridized carbons (Fsp3) is 0.304. The van der Waals surface area contributed by atoms with Crippen LogP contribution >= 0.6 is 104 Å². The summed E-state index contributed by atoms with van der Waals surface area (Å²) in [4.78, 5) is 81.5. The van der Waals surface area contributed by atoms with E-state index in [-0.39, 0.29) is 73.2 Å². The highest BCUT2D eigenvalue weighted by molar-refractivity contribution is 6.42. The van der Waals surface area contributed by atoms with Crippen molar-refractivity contribution in [1.82, 2.24) is 46.6 Å². The van der Waals surface area contributed by atoms with Crippen LogP contribution in [0.25, 0.3) is 16.8 Å². The Hall–Kier alpha value is -6.27. The molecule has 96 heavy (non-hydrogen) atoms. The van der Waals surface area contributed by atoms with Gasteiger partial charge in [0.25, 0.3) is 11.8 Å². The zero-order valence-corrected chi connectivity index (χ0v) is 58.7. The van der Waals surface area contributed by atoms with Crippen LogP contribution < -0.4 is 49.1 Å².